The molecule has 1 atom stereocenters. The minimum atomic E-state index is -0.111. The van der Waals surface area contributed by atoms with Crippen LogP contribution in [0.5, 0.6) is 0 Å². The van der Waals surface area contributed by atoms with Crippen molar-refractivity contribution in [2.45, 2.75) is 19.3 Å². The molecule has 1 aromatic rings. The summed E-state index contributed by atoms with van der Waals surface area (Å²) in [6, 6.07) is 7.92. The molecule has 1 heterocycles. The van der Waals surface area contributed by atoms with E-state index >= 15 is 0 Å². The summed E-state index contributed by atoms with van der Waals surface area (Å²) in [6.07, 6.45) is 2.58. The Labute approximate surface area is 113 Å². The van der Waals surface area contributed by atoms with E-state index in [0.717, 1.165) is 31.0 Å². The van der Waals surface area contributed by atoms with Gasteiger partial charge in [-0.15, -0.1) is 0 Å². The van der Waals surface area contributed by atoms with E-state index in [9.17, 15) is 4.79 Å². The Morgan fingerprint density at radius 2 is 2.17 bits per heavy atom. The number of hydrogen-bond donors (Lipinski definition) is 0. The minimum Gasteiger partial charge on any atom is -0.469 e. The summed E-state index contributed by atoms with van der Waals surface area (Å²) in [4.78, 5) is 13.5. The molecule has 0 amide bonds. The molecule has 0 aromatic heterocycles. The van der Waals surface area contributed by atoms with Crippen LogP contribution < -0.4 is 4.90 Å². The normalized spacial score (nSPS) is 19.0. The Bertz CT molecular complexity index is 405. The van der Waals surface area contributed by atoms with E-state index in [1.54, 1.807) is 0 Å². The maximum Gasteiger partial charge on any atom is 0.305 e. The van der Waals surface area contributed by atoms with Gasteiger partial charge in [-0.1, -0.05) is 11.6 Å². The summed E-state index contributed by atoms with van der Waals surface area (Å²) >= 11 is 5.88. The smallest absolute Gasteiger partial charge is 0.305 e. The molecule has 4 heteroatoms. The molecular formula is C14H18ClNO2. The highest BCUT2D eigenvalue weighted by molar-refractivity contribution is 6.30. The highest BCUT2D eigenvalue weighted by Gasteiger charge is 2.23. The molecule has 3 nitrogen and oxygen atoms in total. The van der Waals surface area contributed by atoms with Gasteiger partial charge in [0.15, 0.2) is 0 Å². The number of anilines is 1. The number of methoxy groups -OCH3 is 1. The third kappa shape index (κ3) is 3.39. The monoisotopic (exact) mass is 267 g/mol. The summed E-state index contributed by atoms with van der Waals surface area (Å²) < 4.78 is 4.67. The molecule has 1 fully saturated rings. The summed E-state index contributed by atoms with van der Waals surface area (Å²) in [5, 5.41) is 0.764. The molecule has 0 bridgehead atoms. The SMILES string of the molecule is COC(=O)CCC1CCN(c2ccc(Cl)cc2)C1. The second-order valence-corrected chi connectivity index (χ2v) is 5.13. The lowest BCUT2D eigenvalue weighted by molar-refractivity contribution is -0.140. The van der Waals surface area contributed by atoms with Crippen LogP contribution in [0.4, 0.5) is 5.69 Å². The first kappa shape index (κ1) is 13.2. The van der Waals surface area contributed by atoms with Gasteiger partial charge >= 0.3 is 5.97 Å². The Morgan fingerprint density at radius 3 is 2.83 bits per heavy atom. The molecule has 1 aliphatic heterocycles. The number of ether oxygens (including phenoxy) is 1. The van der Waals surface area contributed by atoms with Gasteiger partial charge in [-0.05, 0) is 43.0 Å². The first-order chi connectivity index (χ1) is 8.69. The number of rotatable bonds is 4. The van der Waals surface area contributed by atoms with Gasteiger partial charge in [0.25, 0.3) is 0 Å². The van der Waals surface area contributed by atoms with Crippen molar-refractivity contribution in [3.8, 4) is 0 Å². The van der Waals surface area contributed by atoms with E-state index in [1.807, 2.05) is 24.3 Å². The summed E-state index contributed by atoms with van der Waals surface area (Å²) in [5.74, 6) is 0.472. The fraction of sp³-hybridized carbons (Fsp3) is 0.500. The molecule has 1 unspecified atom stereocenters. The van der Waals surface area contributed by atoms with Crippen LogP contribution in [-0.4, -0.2) is 26.2 Å². The van der Waals surface area contributed by atoms with Gasteiger partial charge in [0.2, 0.25) is 0 Å². The molecule has 98 valence electrons. The first-order valence-electron chi connectivity index (χ1n) is 6.26. The molecule has 0 N–H and O–H groups in total. The summed E-state index contributed by atoms with van der Waals surface area (Å²) in [6.45, 7) is 2.06. The van der Waals surface area contributed by atoms with E-state index in [0.29, 0.717) is 12.3 Å². The molecule has 0 radical (unpaired) electrons. The van der Waals surface area contributed by atoms with E-state index in [4.69, 9.17) is 11.6 Å². The first-order valence-corrected chi connectivity index (χ1v) is 6.64. The number of hydrogen-bond acceptors (Lipinski definition) is 3. The van der Waals surface area contributed by atoms with Gasteiger partial charge in [-0.2, -0.15) is 0 Å². The largest absolute Gasteiger partial charge is 0.469 e. The van der Waals surface area contributed by atoms with Crippen LogP contribution in [0.2, 0.25) is 5.02 Å². The van der Waals surface area contributed by atoms with Crippen molar-refractivity contribution in [1.29, 1.82) is 0 Å². The third-order valence-corrected chi connectivity index (χ3v) is 3.71. The van der Waals surface area contributed by atoms with Gasteiger partial charge in [0.05, 0.1) is 7.11 Å². The Morgan fingerprint density at radius 1 is 1.44 bits per heavy atom. The standard InChI is InChI=1S/C14H18ClNO2/c1-18-14(17)7-2-11-8-9-16(10-11)13-5-3-12(15)4-6-13/h3-6,11H,2,7-10H2,1H3. The summed E-state index contributed by atoms with van der Waals surface area (Å²) in [7, 11) is 1.44. The van der Waals surface area contributed by atoms with Crippen LogP contribution in [0.15, 0.2) is 24.3 Å². The third-order valence-electron chi connectivity index (χ3n) is 3.46. The molecule has 0 spiro atoms. The molecule has 1 saturated heterocycles. The highest BCUT2D eigenvalue weighted by Crippen LogP contribution is 2.27. The van der Waals surface area contributed by atoms with Gasteiger partial charge in [-0.25, -0.2) is 0 Å². The zero-order valence-corrected chi connectivity index (χ0v) is 11.3. The fourth-order valence-electron chi connectivity index (χ4n) is 2.38. The van der Waals surface area contributed by atoms with Crippen molar-refractivity contribution < 1.29 is 9.53 Å². The second-order valence-electron chi connectivity index (χ2n) is 4.69. The lowest BCUT2D eigenvalue weighted by Crippen LogP contribution is -2.19. The fourth-order valence-corrected chi connectivity index (χ4v) is 2.50. The van der Waals surface area contributed by atoms with E-state index < -0.39 is 0 Å². The minimum absolute atomic E-state index is 0.111. The number of benzene rings is 1. The van der Waals surface area contributed by atoms with Crippen LogP contribution in [0.3, 0.4) is 0 Å². The van der Waals surface area contributed by atoms with Gasteiger partial charge in [-0.3, -0.25) is 4.79 Å². The number of nitrogens with zero attached hydrogens (tertiary/aromatic N) is 1. The molecular weight excluding hydrogens is 250 g/mol. The Hall–Kier alpha value is -1.22. The van der Waals surface area contributed by atoms with E-state index in [-0.39, 0.29) is 5.97 Å². The van der Waals surface area contributed by atoms with E-state index in [2.05, 4.69) is 9.64 Å². The van der Waals surface area contributed by atoms with Gasteiger partial charge < -0.3 is 9.64 Å². The molecule has 0 saturated carbocycles. The van der Waals surface area contributed by atoms with Crippen molar-refractivity contribution >= 4 is 23.3 Å². The molecule has 18 heavy (non-hydrogen) atoms. The van der Waals surface area contributed by atoms with Crippen molar-refractivity contribution in [3.63, 3.8) is 0 Å². The van der Waals surface area contributed by atoms with Crippen molar-refractivity contribution in [2.24, 2.45) is 5.92 Å². The topological polar surface area (TPSA) is 29.5 Å². The molecule has 1 aromatic carbocycles. The molecule has 0 aliphatic carbocycles. The quantitative estimate of drug-likeness (QED) is 0.785. The maximum atomic E-state index is 11.1. The Kier molecular flexibility index (Phi) is 4.48. The number of carbonyl (C=O) groups excluding carboxylic acids is 1. The number of carbonyl (C=O) groups is 1. The zero-order chi connectivity index (χ0) is 13.0. The maximum absolute atomic E-state index is 11.1. The Balaban J connectivity index is 1.84. The van der Waals surface area contributed by atoms with Crippen molar-refractivity contribution in [3.05, 3.63) is 29.3 Å². The van der Waals surface area contributed by atoms with E-state index in [1.165, 1.54) is 12.8 Å². The summed E-state index contributed by atoms with van der Waals surface area (Å²) in [5.41, 5.74) is 1.21. The van der Waals surface area contributed by atoms with Crippen LogP contribution in [0, 0.1) is 5.92 Å². The van der Waals surface area contributed by atoms with Crippen molar-refractivity contribution in [1.82, 2.24) is 0 Å². The highest BCUT2D eigenvalue weighted by atomic mass is 35.5. The van der Waals surface area contributed by atoms with Gasteiger partial charge in [0.1, 0.15) is 0 Å². The predicted molar refractivity (Wildman–Crippen MR) is 73.0 cm³/mol. The van der Waals surface area contributed by atoms with Crippen LogP contribution in [0.1, 0.15) is 19.3 Å². The van der Waals surface area contributed by atoms with Crippen LogP contribution in [-0.2, 0) is 9.53 Å². The van der Waals surface area contributed by atoms with Crippen LogP contribution >= 0.6 is 11.6 Å². The van der Waals surface area contributed by atoms with Gasteiger partial charge in [0, 0.05) is 30.2 Å². The second kappa shape index (κ2) is 6.10. The zero-order valence-electron chi connectivity index (χ0n) is 10.6. The predicted octanol–water partition coefficient (Wildman–Crippen LogP) is 3.12. The molecule has 2 rings (SSSR count). The number of esters is 1. The average Bonchev–Trinajstić information content (AvgIpc) is 2.85. The van der Waals surface area contributed by atoms with Crippen molar-refractivity contribution in [2.75, 3.05) is 25.1 Å². The molecule has 1 aliphatic rings. The lowest BCUT2D eigenvalue weighted by atomic mass is 10.0. The average molecular weight is 268 g/mol. The number of halogens is 1. The lowest BCUT2D eigenvalue weighted by Gasteiger charge is -2.18. The van der Waals surface area contributed by atoms with Crippen LogP contribution in [0.25, 0.3) is 0 Å².